The van der Waals surface area contributed by atoms with Gasteiger partial charge in [-0.2, -0.15) is 0 Å². The van der Waals surface area contributed by atoms with Gasteiger partial charge in [-0.05, 0) is 42.2 Å². The highest BCUT2D eigenvalue weighted by molar-refractivity contribution is 6.31. The normalized spacial score (nSPS) is 17.8. The number of carbonyl (C=O) groups excluding carboxylic acids is 2. The summed E-state index contributed by atoms with van der Waals surface area (Å²) in [7, 11) is 0. The van der Waals surface area contributed by atoms with Crippen LogP contribution in [0.4, 0.5) is 4.39 Å². The van der Waals surface area contributed by atoms with E-state index >= 15 is 0 Å². The van der Waals surface area contributed by atoms with Crippen molar-refractivity contribution >= 4 is 29.5 Å². The van der Waals surface area contributed by atoms with Crippen molar-refractivity contribution in [1.82, 2.24) is 9.80 Å². The van der Waals surface area contributed by atoms with Crippen molar-refractivity contribution in [3.05, 3.63) is 76.2 Å². The van der Waals surface area contributed by atoms with E-state index < -0.39 is 5.82 Å². The summed E-state index contributed by atoms with van der Waals surface area (Å²) in [5, 5.41) is 0.319. The van der Waals surface area contributed by atoms with Gasteiger partial charge < -0.3 is 9.80 Å². The Kier molecular flexibility index (Phi) is 5.41. The molecule has 1 unspecified atom stereocenters. The molecule has 4 nitrogen and oxygen atoms in total. The summed E-state index contributed by atoms with van der Waals surface area (Å²) in [4.78, 5) is 28.8. The second-order valence-electron chi connectivity index (χ2n) is 7.54. The van der Waals surface area contributed by atoms with Gasteiger partial charge in [-0.3, -0.25) is 9.59 Å². The molecule has 0 radical (unpaired) electrons. The minimum Gasteiger partial charge on any atom is -0.335 e. The molecule has 1 fully saturated rings. The van der Waals surface area contributed by atoms with Gasteiger partial charge in [-0.15, -0.1) is 0 Å². The Balaban J connectivity index is 1.60. The van der Waals surface area contributed by atoms with Crippen molar-refractivity contribution in [2.45, 2.75) is 44.8 Å². The fourth-order valence-corrected chi connectivity index (χ4v) is 4.08. The Morgan fingerprint density at radius 3 is 2.62 bits per heavy atom. The average Bonchev–Trinajstić information content (AvgIpc) is 3.52. The summed E-state index contributed by atoms with van der Waals surface area (Å²) >= 11 is 6.19. The van der Waals surface area contributed by atoms with Crippen LogP contribution in [0.1, 0.15) is 48.9 Å². The predicted molar refractivity (Wildman–Crippen MR) is 110 cm³/mol. The van der Waals surface area contributed by atoms with Crippen LogP contribution in [0, 0.1) is 5.82 Å². The Hall–Kier alpha value is -2.66. The number of fused-ring (bicyclic) bond motifs is 1. The minimum atomic E-state index is -0.410. The van der Waals surface area contributed by atoms with Crippen LogP contribution >= 0.6 is 11.6 Å². The molecule has 0 spiro atoms. The lowest BCUT2D eigenvalue weighted by Crippen LogP contribution is -2.38. The maximum atomic E-state index is 14.3. The van der Waals surface area contributed by atoms with E-state index in [0.29, 0.717) is 10.6 Å². The zero-order valence-electron chi connectivity index (χ0n) is 16.1. The molecule has 150 valence electrons. The van der Waals surface area contributed by atoms with Gasteiger partial charge in [0.15, 0.2) is 0 Å². The number of hydrogen-bond donors (Lipinski definition) is 0. The monoisotopic (exact) mass is 412 g/mol. The van der Waals surface area contributed by atoms with E-state index in [4.69, 9.17) is 11.6 Å². The van der Waals surface area contributed by atoms with Gasteiger partial charge in [0.1, 0.15) is 5.82 Å². The number of nitrogens with zero attached hydrogens (tertiary/aromatic N) is 2. The third-order valence-corrected chi connectivity index (χ3v) is 5.89. The van der Waals surface area contributed by atoms with E-state index in [2.05, 4.69) is 0 Å². The number of amides is 2. The quantitative estimate of drug-likeness (QED) is 0.698. The molecule has 1 atom stereocenters. The molecule has 2 aromatic rings. The van der Waals surface area contributed by atoms with E-state index in [1.165, 1.54) is 13.0 Å². The fraction of sp³-hybridized carbons (Fsp3) is 0.304. The van der Waals surface area contributed by atoms with Crippen molar-refractivity contribution < 1.29 is 14.0 Å². The van der Waals surface area contributed by atoms with E-state index in [1.54, 1.807) is 28.1 Å². The number of halogens is 2. The molecule has 2 amide bonds. The van der Waals surface area contributed by atoms with Crippen LogP contribution in [0.3, 0.4) is 0 Å². The Morgan fingerprint density at radius 2 is 1.93 bits per heavy atom. The summed E-state index contributed by atoms with van der Waals surface area (Å²) in [5.74, 6) is -0.635. The average molecular weight is 413 g/mol. The lowest BCUT2D eigenvalue weighted by molar-refractivity contribution is -0.135. The fourth-order valence-electron chi connectivity index (χ4n) is 3.86. The molecule has 2 aliphatic rings. The number of carbonyl (C=O) groups is 2. The van der Waals surface area contributed by atoms with Gasteiger partial charge in [-0.1, -0.05) is 41.9 Å². The van der Waals surface area contributed by atoms with Crippen LogP contribution in [0.15, 0.2) is 48.7 Å². The topological polar surface area (TPSA) is 40.6 Å². The lowest BCUT2D eigenvalue weighted by Gasteiger charge is -2.34. The molecule has 1 aliphatic carbocycles. The Labute approximate surface area is 174 Å². The largest absolute Gasteiger partial charge is 0.335 e. The van der Waals surface area contributed by atoms with Crippen LogP contribution in [0.5, 0.6) is 0 Å². The van der Waals surface area contributed by atoms with Gasteiger partial charge in [-0.25, -0.2) is 4.39 Å². The summed E-state index contributed by atoms with van der Waals surface area (Å²) in [6.45, 7) is 1.63. The first-order chi connectivity index (χ1) is 14.0. The lowest BCUT2D eigenvalue weighted by atomic mass is 9.93. The third-order valence-electron chi connectivity index (χ3n) is 5.54. The predicted octanol–water partition coefficient (Wildman–Crippen LogP) is 4.93. The van der Waals surface area contributed by atoms with Gasteiger partial charge in [0, 0.05) is 29.8 Å². The smallest absolute Gasteiger partial charge is 0.225 e. The van der Waals surface area contributed by atoms with E-state index in [0.717, 1.165) is 24.0 Å². The summed E-state index contributed by atoms with van der Waals surface area (Å²) < 4.78 is 14.3. The molecule has 4 rings (SSSR count). The molecule has 1 aliphatic heterocycles. The van der Waals surface area contributed by atoms with Crippen molar-refractivity contribution in [2.24, 2.45) is 0 Å². The number of benzene rings is 2. The van der Waals surface area contributed by atoms with E-state index in [1.807, 2.05) is 30.3 Å². The van der Waals surface area contributed by atoms with Crippen LogP contribution in [0.25, 0.3) is 6.08 Å². The number of hydrogen-bond acceptors (Lipinski definition) is 2. The molecule has 0 aromatic heterocycles. The van der Waals surface area contributed by atoms with Crippen LogP contribution in [0.2, 0.25) is 5.02 Å². The zero-order valence-corrected chi connectivity index (χ0v) is 16.9. The van der Waals surface area contributed by atoms with Crippen molar-refractivity contribution in [2.75, 3.05) is 0 Å². The highest BCUT2D eigenvalue weighted by Crippen LogP contribution is 2.36. The molecule has 0 N–H and O–H groups in total. The molecular formula is C23H22ClFN2O2. The van der Waals surface area contributed by atoms with Crippen LogP contribution < -0.4 is 0 Å². The van der Waals surface area contributed by atoms with Gasteiger partial charge in [0.05, 0.1) is 19.0 Å². The van der Waals surface area contributed by atoms with Crippen LogP contribution in [-0.4, -0.2) is 27.7 Å². The first-order valence-electron chi connectivity index (χ1n) is 9.74. The summed E-state index contributed by atoms with van der Waals surface area (Å²) in [6, 6.07) is 12.0. The molecule has 29 heavy (non-hydrogen) atoms. The van der Waals surface area contributed by atoms with Crippen molar-refractivity contribution in [1.29, 1.82) is 0 Å². The number of rotatable bonds is 5. The van der Waals surface area contributed by atoms with E-state index in [9.17, 15) is 14.0 Å². The van der Waals surface area contributed by atoms with Gasteiger partial charge in [0.2, 0.25) is 11.8 Å². The SMILES string of the molecule is CC(=O)N1C=Cc2ccccc2C1CC(=O)N(Cc1c(F)cccc1Cl)C1CC1. The molecule has 0 saturated heterocycles. The molecule has 6 heteroatoms. The molecule has 1 saturated carbocycles. The van der Waals surface area contributed by atoms with Crippen molar-refractivity contribution in [3.63, 3.8) is 0 Å². The highest BCUT2D eigenvalue weighted by atomic mass is 35.5. The molecule has 0 bridgehead atoms. The first-order valence-corrected chi connectivity index (χ1v) is 10.1. The minimum absolute atomic E-state index is 0.0957. The standard InChI is InChI=1S/C23H22ClFN2O2/c1-15(28)26-12-11-16-5-2-3-6-18(16)22(26)13-23(29)27(17-9-10-17)14-19-20(24)7-4-8-21(19)25/h2-8,11-12,17,22H,9-10,13-14H2,1H3. The molecular weight excluding hydrogens is 391 g/mol. The maximum Gasteiger partial charge on any atom is 0.225 e. The van der Waals surface area contributed by atoms with E-state index in [-0.39, 0.29) is 36.9 Å². The Morgan fingerprint density at radius 1 is 1.17 bits per heavy atom. The molecule has 1 heterocycles. The van der Waals surface area contributed by atoms with Crippen molar-refractivity contribution in [3.8, 4) is 0 Å². The summed E-state index contributed by atoms with van der Waals surface area (Å²) in [5.41, 5.74) is 2.28. The zero-order chi connectivity index (χ0) is 20.5. The van der Waals surface area contributed by atoms with Gasteiger partial charge in [0.25, 0.3) is 0 Å². The summed E-state index contributed by atoms with van der Waals surface area (Å²) in [6.07, 6.45) is 5.56. The highest BCUT2D eigenvalue weighted by Gasteiger charge is 2.36. The molecule has 2 aromatic carbocycles. The van der Waals surface area contributed by atoms with Gasteiger partial charge >= 0.3 is 0 Å². The second kappa shape index (κ2) is 7.99. The van der Waals surface area contributed by atoms with Crippen LogP contribution in [-0.2, 0) is 16.1 Å². The first kappa shape index (κ1) is 19.6. The maximum absolute atomic E-state index is 14.3. The Bertz CT molecular complexity index is 966. The second-order valence-corrected chi connectivity index (χ2v) is 7.95. The third kappa shape index (κ3) is 4.06.